The van der Waals surface area contributed by atoms with E-state index in [1.54, 1.807) is 7.05 Å². The molecule has 5 nitrogen and oxygen atoms in total. The van der Waals surface area contributed by atoms with E-state index in [4.69, 9.17) is 0 Å². The van der Waals surface area contributed by atoms with E-state index in [1.807, 2.05) is 0 Å². The molecule has 0 saturated carbocycles. The molecule has 104 valence electrons. The summed E-state index contributed by atoms with van der Waals surface area (Å²) < 4.78 is 36.8. The maximum atomic E-state index is 12.3. The summed E-state index contributed by atoms with van der Waals surface area (Å²) in [5.41, 5.74) is 0. The lowest BCUT2D eigenvalue weighted by molar-refractivity contribution is -0.186. The highest BCUT2D eigenvalue weighted by Gasteiger charge is 2.43. The number of rotatable bonds is 3. The third-order valence-electron chi connectivity index (χ3n) is 2.65. The molecule has 1 aliphatic heterocycles. The van der Waals surface area contributed by atoms with Gasteiger partial charge in [0.2, 0.25) is 5.91 Å². The van der Waals surface area contributed by atoms with Crippen LogP contribution in [0.5, 0.6) is 0 Å². The number of carbonyl (C=O) groups excluding carboxylic acids is 2. The molecule has 0 spiro atoms. The van der Waals surface area contributed by atoms with Crippen molar-refractivity contribution in [2.75, 3.05) is 26.7 Å². The molecule has 2 N–H and O–H groups in total. The van der Waals surface area contributed by atoms with E-state index in [0.29, 0.717) is 12.8 Å². The third kappa shape index (κ3) is 4.17. The zero-order valence-electron chi connectivity index (χ0n) is 10.0. The molecule has 0 aromatic heterocycles. The zero-order valence-corrected chi connectivity index (χ0v) is 10.0. The number of hydrogen-bond acceptors (Lipinski definition) is 3. The van der Waals surface area contributed by atoms with Gasteiger partial charge in [-0.25, -0.2) is 0 Å². The highest BCUT2D eigenvalue weighted by Crippen LogP contribution is 2.21. The van der Waals surface area contributed by atoms with E-state index in [1.165, 1.54) is 0 Å². The molecule has 0 bridgehead atoms. The van der Waals surface area contributed by atoms with Crippen LogP contribution in [0.25, 0.3) is 0 Å². The van der Waals surface area contributed by atoms with E-state index >= 15 is 0 Å². The Kier molecular flexibility index (Phi) is 4.94. The van der Waals surface area contributed by atoms with Gasteiger partial charge >= 0.3 is 12.1 Å². The molecular weight excluding hydrogens is 251 g/mol. The van der Waals surface area contributed by atoms with E-state index in [2.05, 4.69) is 10.6 Å². The Labute approximate surface area is 103 Å². The van der Waals surface area contributed by atoms with Crippen molar-refractivity contribution in [2.45, 2.75) is 25.1 Å². The Morgan fingerprint density at radius 3 is 2.61 bits per heavy atom. The molecule has 1 saturated heterocycles. The van der Waals surface area contributed by atoms with E-state index in [0.717, 1.165) is 4.90 Å². The predicted molar refractivity (Wildman–Crippen MR) is 57.7 cm³/mol. The normalized spacial score (nSPS) is 20.7. The number of carbonyl (C=O) groups is 2. The van der Waals surface area contributed by atoms with Crippen LogP contribution in [-0.2, 0) is 9.59 Å². The fourth-order valence-corrected chi connectivity index (χ4v) is 1.90. The van der Waals surface area contributed by atoms with Crippen molar-refractivity contribution in [3.05, 3.63) is 0 Å². The van der Waals surface area contributed by atoms with Gasteiger partial charge in [-0.15, -0.1) is 0 Å². The van der Waals surface area contributed by atoms with Gasteiger partial charge in [0.05, 0.1) is 6.54 Å². The van der Waals surface area contributed by atoms with Crippen LogP contribution in [0, 0.1) is 0 Å². The first kappa shape index (κ1) is 14.7. The third-order valence-corrected chi connectivity index (χ3v) is 2.65. The van der Waals surface area contributed by atoms with Gasteiger partial charge in [0.25, 0.3) is 0 Å². The van der Waals surface area contributed by atoms with Crippen LogP contribution in [0.1, 0.15) is 12.8 Å². The number of piperidine rings is 1. The molecule has 1 heterocycles. The molecule has 0 aromatic carbocycles. The Morgan fingerprint density at radius 1 is 1.39 bits per heavy atom. The largest absolute Gasteiger partial charge is 0.471 e. The lowest BCUT2D eigenvalue weighted by Crippen LogP contribution is -2.53. The summed E-state index contributed by atoms with van der Waals surface area (Å²) in [5.74, 6) is -2.13. The molecule has 8 heteroatoms. The van der Waals surface area contributed by atoms with Crippen LogP contribution in [0.15, 0.2) is 0 Å². The standard InChI is InChI=1S/C10H16F3N3O2/c1-14-5-8(17)15-7-3-2-4-16(6-7)9(18)10(11,12)13/h7,14H,2-6H2,1H3,(H,15,17). The van der Waals surface area contributed by atoms with Gasteiger partial charge < -0.3 is 15.5 Å². The smallest absolute Gasteiger partial charge is 0.350 e. The average Bonchev–Trinajstić information content (AvgIpc) is 2.27. The van der Waals surface area contributed by atoms with Crippen LogP contribution in [0.3, 0.4) is 0 Å². The summed E-state index contributed by atoms with van der Waals surface area (Å²) in [6.07, 6.45) is -3.82. The Morgan fingerprint density at radius 2 is 2.06 bits per heavy atom. The number of nitrogens with zero attached hydrogens (tertiary/aromatic N) is 1. The maximum absolute atomic E-state index is 12.3. The van der Waals surface area contributed by atoms with Gasteiger partial charge in [0, 0.05) is 19.1 Å². The molecule has 1 fully saturated rings. The molecule has 0 aromatic rings. The van der Waals surface area contributed by atoms with Crippen LogP contribution in [-0.4, -0.2) is 55.6 Å². The number of likely N-dealkylation sites (N-methyl/N-ethyl adjacent to an activating group) is 1. The molecule has 2 amide bonds. The number of nitrogens with one attached hydrogen (secondary N) is 2. The lowest BCUT2D eigenvalue weighted by atomic mass is 10.1. The highest BCUT2D eigenvalue weighted by atomic mass is 19.4. The lowest BCUT2D eigenvalue weighted by Gasteiger charge is -2.33. The van der Waals surface area contributed by atoms with Gasteiger partial charge in [0.15, 0.2) is 0 Å². The summed E-state index contributed by atoms with van der Waals surface area (Å²) in [4.78, 5) is 23.1. The number of alkyl halides is 3. The number of halogens is 3. The van der Waals surface area contributed by atoms with Crippen molar-refractivity contribution in [1.29, 1.82) is 0 Å². The molecule has 1 aliphatic rings. The molecule has 1 unspecified atom stereocenters. The summed E-state index contributed by atoms with van der Waals surface area (Å²) in [7, 11) is 1.60. The fourth-order valence-electron chi connectivity index (χ4n) is 1.90. The SMILES string of the molecule is CNCC(=O)NC1CCCN(C(=O)C(F)(F)F)C1. The molecule has 18 heavy (non-hydrogen) atoms. The number of amides is 2. The quantitative estimate of drug-likeness (QED) is 0.749. The second kappa shape index (κ2) is 6.03. The Hall–Kier alpha value is -1.31. The average molecular weight is 267 g/mol. The first-order chi connectivity index (χ1) is 8.34. The summed E-state index contributed by atoms with van der Waals surface area (Å²) in [5, 5.41) is 5.24. The zero-order chi connectivity index (χ0) is 13.8. The van der Waals surface area contributed by atoms with E-state index < -0.39 is 18.1 Å². The maximum Gasteiger partial charge on any atom is 0.471 e. The highest BCUT2D eigenvalue weighted by molar-refractivity contribution is 5.82. The van der Waals surface area contributed by atoms with Gasteiger partial charge in [-0.2, -0.15) is 13.2 Å². The minimum Gasteiger partial charge on any atom is -0.350 e. The van der Waals surface area contributed by atoms with Crippen molar-refractivity contribution in [3.8, 4) is 0 Å². The van der Waals surface area contributed by atoms with Gasteiger partial charge in [-0.3, -0.25) is 9.59 Å². The predicted octanol–water partition coefficient (Wildman–Crippen LogP) is -0.125. The molecular formula is C10H16F3N3O2. The van der Waals surface area contributed by atoms with Crippen molar-refractivity contribution in [1.82, 2.24) is 15.5 Å². The van der Waals surface area contributed by atoms with Crippen LogP contribution < -0.4 is 10.6 Å². The van der Waals surface area contributed by atoms with Crippen molar-refractivity contribution >= 4 is 11.8 Å². The number of likely N-dealkylation sites (tertiary alicyclic amines) is 1. The first-order valence-electron chi connectivity index (χ1n) is 5.64. The summed E-state index contributed by atoms with van der Waals surface area (Å²) >= 11 is 0. The summed E-state index contributed by atoms with van der Waals surface area (Å²) in [6, 6.07) is -0.411. The Bertz CT molecular complexity index is 320. The molecule has 0 aliphatic carbocycles. The second-order valence-electron chi connectivity index (χ2n) is 4.19. The summed E-state index contributed by atoms with van der Waals surface area (Å²) in [6.45, 7) is 0.0915. The van der Waals surface area contributed by atoms with Crippen LogP contribution >= 0.6 is 0 Å². The second-order valence-corrected chi connectivity index (χ2v) is 4.19. The van der Waals surface area contributed by atoms with Crippen LogP contribution in [0.4, 0.5) is 13.2 Å². The number of hydrogen-bond donors (Lipinski definition) is 2. The van der Waals surface area contributed by atoms with Crippen molar-refractivity contribution in [3.63, 3.8) is 0 Å². The molecule has 1 atom stereocenters. The minimum atomic E-state index is -4.85. The van der Waals surface area contributed by atoms with Crippen molar-refractivity contribution < 1.29 is 22.8 Å². The van der Waals surface area contributed by atoms with Gasteiger partial charge in [0.1, 0.15) is 0 Å². The van der Waals surface area contributed by atoms with Crippen molar-refractivity contribution in [2.24, 2.45) is 0 Å². The molecule has 1 rings (SSSR count). The van der Waals surface area contributed by atoms with Gasteiger partial charge in [-0.05, 0) is 19.9 Å². The molecule has 0 radical (unpaired) electrons. The van der Waals surface area contributed by atoms with Crippen LogP contribution in [0.2, 0.25) is 0 Å². The van der Waals surface area contributed by atoms with E-state index in [9.17, 15) is 22.8 Å². The topological polar surface area (TPSA) is 61.4 Å². The van der Waals surface area contributed by atoms with E-state index in [-0.39, 0.29) is 25.5 Å². The first-order valence-corrected chi connectivity index (χ1v) is 5.64. The fraction of sp³-hybridized carbons (Fsp3) is 0.800. The Balaban J connectivity index is 2.51. The van der Waals surface area contributed by atoms with Gasteiger partial charge in [-0.1, -0.05) is 0 Å². The minimum absolute atomic E-state index is 0.0801. The monoisotopic (exact) mass is 267 g/mol.